The first kappa shape index (κ1) is 14.9. The molecule has 2 heterocycles. The SMILES string of the molecule is CC1(C(=O)O)SC2CC(=O)N2C1C(=O)OCc1ccccc1. The number of carboxylic acids is 1. The maximum absolute atomic E-state index is 12.4. The lowest BCUT2D eigenvalue weighted by atomic mass is 9.96. The number of carboxylic acid groups (broad SMARTS) is 1. The van der Waals surface area contributed by atoms with Gasteiger partial charge < -0.3 is 14.7 Å². The Morgan fingerprint density at radius 2 is 2.09 bits per heavy atom. The predicted octanol–water partition coefficient (Wildman–Crippen LogP) is 1.25. The quantitative estimate of drug-likeness (QED) is 0.664. The molecule has 0 radical (unpaired) electrons. The number of β-lactam (4-membered cyclic amide) rings is 1. The number of nitrogens with zero attached hydrogens (tertiary/aromatic N) is 1. The zero-order valence-electron chi connectivity index (χ0n) is 11.9. The van der Waals surface area contributed by atoms with Gasteiger partial charge in [0, 0.05) is 0 Å². The molecule has 0 aromatic heterocycles. The third-order valence-electron chi connectivity index (χ3n) is 4.00. The largest absolute Gasteiger partial charge is 0.480 e. The maximum atomic E-state index is 12.4. The third-order valence-corrected chi connectivity index (χ3v) is 5.55. The monoisotopic (exact) mass is 321 g/mol. The fourth-order valence-corrected chi connectivity index (χ4v) is 4.32. The molecule has 22 heavy (non-hydrogen) atoms. The second kappa shape index (κ2) is 5.31. The average Bonchev–Trinajstić information content (AvgIpc) is 2.75. The van der Waals surface area contributed by atoms with Crippen LogP contribution in [0.3, 0.4) is 0 Å². The van der Waals surface area contributed by atoms with Gasteiger partial charge in [-0.15, -0.1) is 11.8 Å². The lowest BCUT2D eigenvalue weighted by molar-refractivity contribution is -0.165. The molecule has 2 aliphatic rings. The van der Waals surface area contributed by atoms with Crippen LogP contribution in [0.15, 0.2) is 30.3 Å². The van der Waals surface area contributed by atoms with E-state index in [4.69, 9.17) is 4.74 Å². The minimum Gasteiger partial charge on any atom is -0.480 e. The van der Waals surface area contributed by atoms with Crippen LogP contribution in [0.5, 0.6) is 0 Å². The van der Waals surface area contributed by atoms with Gasteiger partial charge in [0.15, 0.2) is 6.04 Å². The average molecular weight is 321 g/mol. The van der Waals surface area contributed by atoms with Crippen molar-refractivity contribution in [2.24, 2.45) is 0 Å². The minimum atomic E-state index is -1.37. The van der Waals surface area contributed by atoms with E-state index in [1.165, 1.54) is 11.8 Å². The van der Waals surface area contributed by atoms with Crippen molar-refractivity contribution < 1.29 is 24.2 Å². The summed E-state index contributed by atoms with van der Waals surface area (Å²) < 4.78 is 3.88. The van der Waals surface area contributed by atoms with Gasteiger partial charge in [0.05, 0.1) is 11.8 Å². The summed E-state index contributed by atoms with van der Waals surface area (Å²) in [5, 5.41) is 9.21. The molecule has 1 amide bonds. The molecule has 2 aliphatic heterocycles. The van der Waals surface area contributed by atoms with Crippen LogP contribution in [0, 0.1) is 0 Å². The summed E-state index contributed by atoms with van der Waals surface area (Å²) in [7, 11) is 0. The normalized spacial score (nSPS) is 29.7. The summed E-state index contributed by atoms with van der Waals surface area (Å²) in [6, 6.07) is 8.04. The van der Waals surface area contributed by atoms with Crippen LogP contribution in [0.4, 0.5) is 0 Å². The molecule has 0 bridgehead atoms. The Balaban J connectivity index is 1.76. The Labute approximate surface area is 131 Å². The van der Waals surface area contributed by atoms with E-state index in [-0.39, 0.29) is 24.3 Å². The number of thioether (sulfide) groups is 1. The first-order chi connectivity index (χ1) is 10.4. The zero-order valence-corrected chi connectivity index (χ0v) is 12.7. The third kappa shape index (κ3) is 2.25. The first-order valence-electron chi connectivity index (χ1n) is 6.86. The number of esters is 1. The van der Waals surface area contributed by atoms with Gasteiger partial charge in [-0.05, 0) is 12.5 Å². The van der Waals surface area contributed by atoms with Gasteiger partial charge in [-0.25, -0.2) is 4.79 Å². The van der Waals surface area contributed by atoms with Gasteiger partial charge in [-0.2, -0.15) is 0 Å². The van der Waals surface area contributed by atoms with Crippen LogP contribution >= 0.6 is 11.8 Å². The fourth-order valence-electron chi connectivity index (χ4n) is 2.74. The van der Waals surface area contributed by atoms with Crippen molar-refractivity contribution >= 4 is 29.6 Å². The molecule has 1 N–H and O–H groups in total. The van der Waals surface area contributed by atoms with Gasteiger partial charge in [0.1, 0.15) is 11.4 Å². The molecule has 3 rings (SSSR count). The minimum absolute atomic E-state index is 0.0588. The number of fused-ring (bicyclic) bond motifs is 1. The molecule has 6 nitrogen and oxygen atoms in total. The number of ether oxygens (including phenoxy) is 1. The van der Waals surface area contributed by atoms with Crippen molar-refractivity contribution in [1.29, 1.82) is 0 Å². The molecule has 0 spiro atoms. The smallest absolute Gasteiger partial charge is 0.331 e. The van der Waals surface area contributed by atoms with Crippen molar-refractivity contribution in [3.05, 3.63) is 35.9 Å². The molecular formula is C15H15NO5S. The summed E-state index contributed by atoms with van der Waals surface area (Å²) in [6.07, 6.45) is 0.274. The van der Waals surface area contributed by atoms with Gasteiger partial charge in [-0.1, -0.05) is 30.3 Å². The molecule has 2 saturated heterocycles. The van der Waals surface area contributed by atoms with Crippen molar-refractivity contribution in [2.75, 3.05) is 0 Å². The number of carbonyl (C=O) groups is 3. The highest BCUT2D eigenvalue weighted by molar-refractivity contribution is 8.02. The van der Waals surface area contributed by atoms with Crippen LogP contribution in [0.1, 0.15) is 18.9 Å². The highest BCUT2D eigenvalue weighted by Gasteiger charge is 2.64. The molecule has 3 atom stereocenters. The fraction of sp³-hybridized carbons (Fsp3) is 0.400. The van der Waals surface area contributed by atoms with Crippen LogP contribution in [0.2, 0.25) is 0 Å². The Kier molecular flexibility index (Phi) is 3.60. The zero-order chi connectivity index (χ0) is 15.9. The van der Waals surface area contributed by atoms with E-state index in [1.54, 1.807) is 0 Å². The highest BCUT2D eigenvalue weighted by atomic mass is 32.2. The van der Waals surface area contributed by atoms with Crippen molar-refractivity contribution in [3.8, 4) is 0 Å². The van der Waals surface area contributed by atoms with E-state index in [0.717, 1.165) is 17.3 Å². The molecule has 3 unspecified atom stereocenters. The number of carbonyl (C=O) groups excluding carboxylic acids is 2. The summed E-state index contributed by atoms with van der Waals surface area (Å²) in [5.74, 6) is -1.98. The van der Waals surface area contributed by atoms with Crippen LogP contribution in [-0.4, -0.2) is 44.0 Å². The van der Waals surface area contributed by atoms with Crippen molar-refractivity contribution in [2.45, 2.75) is 36.1 Å². The second-order valence-electron chi connectivity index (χ2n) is 5.49. The van der Waals surface area contributed by atoms with Gasteiger partial charge in [-0.3, -0.25) is 9.59 Å². The highest BCUT2D eigenvalue weighted by Crippen LogP contribution is 2.51. The lowest BCUT2D eigenvalue weighted by Gasteiger charge is -2.37. The Morgan fingerprint density at radius 3 is 2.68 bits per heavy atom. The molecule has 0 aliphatic carbocycles. The Bertz CT molecular complexity index is 634. The molecule has 1 aromatic carbocycles. The van der Waals surface area contributed by atoms with E-state index >= 15 is 0 Å². The van der Waals surface area contributed by atoms with E-state index in [1.807, 2.05) is 30.3 Å². The molecule has 1 aromatic rings. The predicted molar refractivity (Wildman–Crippen MR) is 78.9 cm³/mol. The summed E-state index contributed by atoms with van der Waals surface area (Å²) in [4.78, 5) is 37.0. The summed E-state index contributed by atoms with van der Waals surface area (Å²) in [5.41, 5.74) is 0.810. The molecule has 7 heteroatoms. The number of amides is 1. The lowest BCUT2D eigenvalue weighted by Crippen LogP contribution is -2.59. The molecular weight excluding hydrogens is 306 g/mol. The summed E-state index contributed by atoms with van der Waals surface area (Å²) in [6.45, 7) is 1.53. The standard InChI is InChI=1S/C15H15NO5S/c1-15(14(19)20)12(16-10(17)7-11(16)22-15)13(18)21-8-9-5-3-2-4-6-9/h2-6,11-12H,7-8H2,1H3,(H,19,20). The van der Waals surface area contributed by atoms with Crippen molar-refractivity contribution in [3.63, 3.8) is 0 Å². The van der Waals surface area contributed by atoms with E-state index < -0.39 is 22.7 Å². The van der Waals surface area contributed by atoms with Gasteiger partial charge >= 0.3 is 11.9 Å². The number of hydrogen-bond donors (Lipinski definition) is 1. The van der Waals surface area contributed by atoms with Crippen LogP contribution < -0.4 is 0 Å². The van der Waals surface area contributed by atoms with Crippen LogP contribution in [-0.2, 0) is 25.7 Å². The first-order valence-corrected chi connectivity index (χ1v) is 7.74. The van der Waals surface area contributed by atoms with E-state index in [9.17, 15) is 19.5 Å². The number of rotatable bonds is 4. The Morgan fingerprint density at radius 1 is 1.41 bits per heavy atom. The summed E-state index contributed by atoms with van der Waals surface area (Å²) >= 11 is 1.14. The van der Waals surface area contributed by atoms with E-state index in [0.29, 0.717) is 0 Å². The number of aliphatic carboxylic acids is 1. The van der Waals surface area contributed by atoms with Gasteiger partial charge in [0.25, 0.3) is 0 Å². The topological polar surface area (TPSA) is 83.9 Å². The van der Waals surface area contributed by atoms with E-state index in [2.05, 4.69) is 0 Å². The Hall–Kier alpha value is -2.02. The molecule has 116 valence electrons. The molecule has 2 fully saturated rings. The number of hydrogen-bond acceptors (Lipinski definition) is 5. The molecule has 0 saturated carbocycles. The number of benzene rings is 1. The maximum Gasteiger partial charge on any atom is 0.331 e. The van der Waals surface area contributed by atoms with Crippen LogP contribution in [0.25, 0.3) is 0 Å². The second-order valence-corrected chi connectivity index (χ2v) is 7.11. The van der Waals surface area contributed by atoms with Gasteiger partial charge in [0.2, 0.25) is 5.91 Å². The van der Waals surface area contributed by atoms with Crippen molar-refractivity contribution in [1.82, 2.24) is 4.90 Å².